The minimum Gasteiger partial charge on any atom is -0.377 e. The molecule has 1 saturated heterocycles. The minimum atomic E-state index is 0.450. The summed E-state index contributed by atoms with van der Waals surface area (Å²) in [6.07, 6.45) is 0. The van der Waals surface area contributed by atoms with Crippen molar-refractivity contribution in [1.82, 2.24) is 5.32 Å². The normalized spacial score (nSPS) is 20.6. The Morgan fingerprint density at radius 2 is 2.35 bits per heavy atom. The first-order valence-electron chi connectivity index (χ1n) is 6.00. The molecule has 1 aromatic carbocycles. The van der Waals surface area contributed by atoms with Crippen molar-refractivity contribution in [2.45, 2.75) is 19.5 Å². The molecule has 1 atom stereocenters. The van der Waals surface area contributed by atoms with Crippen molar-refractivity contribution in [3.05, 3.63) is 28.2 Å². The second-order valence-corrected chi connectivity index (χ2v) is 5.28. The molecule has 0 aromatic heterocycles. The van der Waals surface area contributed by atoms with E-state index in [1.54, 1.807) is 0 Å². The van der Waals surface area contributed by atoms with E-state index in [9.17, 15) is 0 Å². The van der Waals surface area contributed by atoms with Gasteiger partial charge in [-0.3, -0.25) is 0 Å². The van der Waals surface area contributed by atoms with E-state index in [0.29, 0.717) is 6.04 Å². The van der Waals surface area contributed by atoms with Gasteiger partial charge in [0.15, 0.2) is 0 Å². The van der Waals surface area contributed by atoms with Crippen LogP contribution in [0.2, 0.25) is 0 Å². The number of morpholine rings is 1. The molecule has 1 heterocycles. The molecule has 1 fully saturated rings. The molecule has 17 heavy (non-hydrogen) atoms. The maximum absolute atomic E-state index is 5.46. The van der Waals surface area contributed by atoms with Crippen LogP contribution in [0, 0.1) is 0 Å². The van der Waals surface area contributed by atoms with Crippen LogP contribution in [0.1, 0.15) is 12.5 Å². The lowest BCUT2D eigenvalue weighted by Crippen LogP contribution is -2.43. The Balaban J connectivity index is 2.18. The summed E-state index contributed by atoms with van der Waals surface area (Å²) >= 11 is 3.64. The molecule has 3 nitrogen and oxygen atoms in total. The molecule has 1 aromatic rings. The molecule has 0 amide bonds. The Kier molecular flexibility index (Phi) is 4.42. The topological polar surface area (TPSA) is 24.5 Å². The van der Waals surface area contributed by atoms with Crippen molar-refractivity contribution in [1.29, 1.82) is 0 Å². The number of benzene rings is 1. The lowest BCUT2D eigenvalue weighted by atomic mass is 10.1. The maximum Gasteiger partial charge on any atom is 0.0668 e. The van der Waals surface area contributed by atoms with Crippen molar-refractivity contribution in [3.8, 4) is 0 Å². The maximum atomic E-state index is 5.46. The fourth-order valence-corrected chi connectivity index (χ4v) is 2.67. The van der Waals surface area contributed by atoms with Crippen LogP contribution in [0.15, 0.2) is 22.7 Å². The zero-order chi connectivity index (χ0) is 12.3. The predicted octanol–water partition coefficient (Wildman–Crippen LogP) is 2.39. The van der Waals surface area contributed by atoms with Gasteiger partial charge in [-0.1, -0.05) is 22.0 Å². The van der Waals surface area contributed by atoms with E-state index >= 15 is 0 Å². The molecule has 1 aliphatic heterocycles. The molecule has 1 aliphatic rings. The number of anilines is 1. The van der Waals surface area contributed by atoms with Crippen molar-refractivity contribution in [2.75, 3.05) is 31.7 Å². The first-order valence-corrected chi connectivity index (χ1v) is 6.79. The highest BCUT2D eigenvalue weighted by Crippen LogP contribution is 2.26. The molecule has 0 saturated carbocycles. The fourth-order valence-electron chi connectivity index (χ4n) is 2.16. The molecule has 1 N–H and O–H groups in total. The summed E-state index contributed by atoms with van der Waals surface area (Å²) in [6.45, 7) is 5.70. The Morgan fingerprint density at radius 1 is 1.53 bits per heavy atom. The fraction of sp³-hybridized carbons (Fsp3) is 0.538. The number of ether oxygens (including phenoxy) is 1. The molecular formula is C13H19BrN2O. The number of rotatable bonds is 3. The van der Waals surface area contributed by atoms with Gasteiger partial charge in [0.25, 0.3) is 0 Å². The third-order valence-electron chi connectivity index (χ3n) is 3.10. The van der Waals surface area contributed by atoms with Gasteiger partial charge >= 0.3 is 0 Å². The standard InChI is InChI=1S/C13H19BrN2O/c1-10-9-17-6-5-16(10)12-4-3-11(8-15-2)13(14)7-12/h3-4,7,10,15H,5-6,8-9H2,1-2H3. The van der Waals surface area contributed by atoms with E-state index in [2.05, 4.69) is 51.3 Å². The van der Waals surface area contributed by atoms with Gasteiger partial charge in [-0.2, -0.15) is 0 Å². The van der Waals surface area contributed by atoms with E-state index in [-0.39, 0.29) is 0 Å². The van der Waals surface area contributed by atoms with E-state index < -0.39 is 0 Å². The molecule has 4 heteroatoms. The third-order valence-corrected chi connectivity index (χ3v) is 3.84. The smallest absolute Gasteiger partial charge is 0.0668 e. The van der Waals surface area contributed by atoms with Gasteiger partial charge in [0.2, 0.25) is 0 Å². The first kappa shape index (κ1) is 12.9. The van der Waals surface area contributed by atoms with Gasteiger partial charge in [-0.25, -0.2) is 0 Å². The Hall–Kier alpha value is -0.580. The van der Waals surface area contributed by atoms with Crippen molar-refractivity contribution in [2.24, 2.45) is 0 Å². The van der Waals surface area contributed by atoms with Gasteiger partial charge in [0.1, 0.15) is 0 Å². The summed E-state index contributed by atoms with van der Waals surface area (Å²) in [4.78, 5) is 2.40. The first-order chi connectivity index (χ1) is 8.22. The van der Waals surface area contributed by atoms with Crippen LogP contribution in [0.3, 0.4) is 0 Å². The second kappa shape index (κ2) is 5.85. The van der Waals surface area contributed by atoms with Crippen LogP contribution < -0.4 is 10.2 Å². The van der Waals surface area contributed by atoms with Gasteiger partial charge < -0.3 is 15.0 Å². The Labute approximate surface area is 111 Å². The van der Waals surface area contributed by atoms with Crippen LogP contribution >= 0.6 is 15.9 Å². The SMILES string of the molecule is CNCc1ccc(N2CCOCC2C)cc1Br. The van der Waals surface area contributed by atoms with E-state index in [1.165, 1.54) is 15.7 Å². The predicted molar refractivity (Wildman–Crippen MR) is 74.5 cm³/mol. The van der Waals surface area contributed by atoms with E-state index in [4.69, 9.17) is 4.74 Å². The van der Waals surface area contributed by atoms with Crippen LogP contribution in [0.5, 0.6) is 0 Å². The number of hydrogen-bond acceptors (Lipinski definition) is 3. The van der Waals surface area contributed by atoms with Crippen LogP contribution in [-0.4, -0.2) is 32.8 Å². The quantitative estimate of drug-likeness (QED) is 0.927. The van der Waals surface area contributed by atoms with Gasteiger partial charge in [0, 0.05) is 29.3 Å². The zero-order valence-corrected chi connectivity index (χ0v) is 12.0. The highest BCUT2D eigenvalue weighted by atomic mass is 79.9. The molecule has 0 bridgehead atoms. The average Bonchev–Trinajstić information content (AvgIpc) is 2.33. The summed E-state index contributed by atoms with van der Waals surface area (Å²) in [5, 5.41) is 3.17. The highest BCUT2D eigenvalue weighted by Gasteiger charge is 2.19. The van der Waals surface area contributed by atoms with Gasteiger partial charge in [-0.15, -0.1) is 0 Å². The Morgan fingerprint density at radius 3 is 3.00 bits per heavy atom. The second-order valence-electron chi connectivity index (χ2n) is 4.42. The molecule has 1 unspecified atom stereocenters. The molecule has 0 radical (unpaired) electrons. The minimum absolute atomic E-state index is 0.450. The molecule has 0 aliphatic carbocycles. The molecule has 2 rings (SSSR count). The highest BCUT2D eigenvalue weighted by molar-refractivity contribution is 9.10. The van der Waals surface area contributed by atoms with Gasteiger partial charge in [0.05, 0.1) is 13.2 Å². The van der Waals surface area contributed by atoms with E-state index in [0.717, 1.165) is 26.3 Å². The molecule has 94 valence electrons. The number of hydrogen-bond donors (Lipinski definition) is 1. The van der Waals surface area contributed by atoms with Crippen LogP contribution in [-0.2, 0) is 11.3 Å². The lowest BCUT2D eigenvalue weighted by molar-refractivity contribution is 0.0989. The zero-order valence-electron chi connectivity index (χ0n) is 10.4. The molecular weight excluding hydrogens is 280 g/mol. The van der Waals surface area contributed by atoms with Gasteiger partial charge in [-0.05, 0) is 31.7 Å². The summed E-state index contributed by atoms with van der Waals surface area (Å²) < 4.78 is 6.63. The van der Waals surface area contributed by atoms with Crippen molar-refractivity contribution >= 4 is 21.6 Å². The number of halogens is 1. The lowest BCUT2D eigenvalue weighted by Gasteiger charge is -2.35. The summed E-state index contributed by atoms with van der Waals surface area (Å²) in [5.74, 6) is 0. The average molecular weight is 299 g/mol. The van der Waals surface area contributed by atoms with Crippen molar-refractivity contribution < 1.29 is 4.74 Å². The Bertz CT molecular complexity index is 384. The number of nitrogens with one attached hydrogen (secondary N) is 1. The van der Waals surface area contributed by atoms with Crippen LogP contribution in [0.25, 0.3) is 0 Å². The summed E-state index contributed by atoms with van der Waals surface area (Å²) in [6, 6.07) is 7.03. The number of nitrogens with zero attached hydrogens (tertiary/aromatic N) is 1. The molecule has 0 spiro atoms. The largest absolute Gasteiger partial charge is 0.377 e. The van der Waals surface area contributed by atoms with Crippen LogP contribution in [0.4, 0.5) is 5.69 Å². The van der Waals surface area contributed by atoms with Crippen molar-refractivity contribution in [3.63, 3.8) is 0 Å². The summed E-state index contributed by atoms with van der Waals surface area (Å²) in [5.41, 5.74) is 2.56. The third kappa shape index (κ3) is 3.00. The van der Waals surface area contributed by atoms with E-state index in [1.807, 2.05) is 7.05 Å². The summed E-state index contributed by atoms with van der Waals surface area (Å²) in [7, 11) is 1.96. The monoisotopic (exact) mass is 298 g/mol.